The highest BCUT2D eigenvalue weighted by Crippen LogP contribution is 2.24. The van der Waals surface area contributed by atoms with E-state index in [1.165, 1.54) is 225 Å². The molecule has 0 saturated heterocycles. The van der Waals surface area contributed by atoms with E-state index in [0.29, 0.717) is 6.17 Å². The Morgan fingerprint density at radius 3 is 0.814 bits per heavy atom. The van der Waals surface area contributed by atoms with Crippen molar-refractivity contribution in [3.8, 4) is 0 Å². The van der Waals surface area contributed by atoms with Crippen LogP contribution in [-0.4, -0.2) is 29.1 Å². The second kappa shape index (κ2) is 32.7. The molecule has 2 heteroatoms. The number of rotatable bonds is 35. The quantitative estimate of drug-likeness (QED) is 0.0666. The van der Waals surface area contributed by atoms with Crippen LogP contribution in [0.4, 0.5) is 0 Å². The van der Waals surface area contributed by atoms with E-state index in [1.54, 1.807) is 0 Å². The van der Waals surface area contributed by atoms with Crippen LogP contribution >= 0.6 is 0 Å². The third kappa shape index (κ3) is 25.2. The molecule has 0 spiro atoms. The molecule has 1 atom stereocenters. The predicted octanol–water partition coefficient (Wildman–Crippen LogP) is 14.3. The molecule has 0 radical (unpaired) electrons. The van der Waals surface area contributed by atoms with Gasteiger partial charge in [-0.25, -0.2) is 0 Å². The van der Waals surface area contributed by atoms with Gasteiger partial charge in [0.1, 0.15) is 6.17 Å². The molecule has 0 amide bonds. The topological polar surface area (TPSA) is 6.48 Å². The molecule has 1 unspecified atom stereocenters. The maximum atomic E-state index is 2.72. The van der Waals surface area contributed by atoms with E-state index in [9.17, 15) is 0 Å². The summed E-state index contributed by atoms with van der Waals surface area (Å²) in [6.07, 6.45) is 52.9. The number of hydrogen-bond acceptors (Lipinski definition) is 2. The van der Waals surface area contributed by atoms with Crippen LogP contribution in [0.2, 0.25) is 0 Å². The van der Waals surface area contributed by atoms with Crippen LogP contribution in [0.15, 0.2) is 12.4 Å². The summed E-state index contributed by atoms with van der Waals surface area (Å²) in [5, 5.41) is 0. The molecular formula is C41H82N2. The van der Waals surface area contributed by atoms with Gasteiger partial charge in [-0.2, -0.15) is 0 Å². The summed E-state index contributed by atoms with van der Waals surface area (Å²) in [5.74, 6) is 0. The van der Waals surface area contributed by atoms with Gasteiger partial charge in [0.2, 0.25) is 0 Å². The average molecular weight is 603 g/mol. The van der Waals surface area contributed by atoms with Crippen molar-refractivity contribution >= 4 is 0 Å². The Labute approximate surface area is 273 Å². The highest BCUT2D eigenvalue weighted by atomic mass is 15.4. The van der Waals surface area contributed by atoms with E-state index < -0.39 is 0 Å². The Morgan fingerprint density at radius 1 is 0.302 bits per heavy atom. The number of hydrogen-bond donors (Lipinski definition) is 0. The molecule has 1 heterocycles. The fraction of sp³-hybridized carbons (Fsp3) is 0.951. The molecule has 1 rings (SSSR count). The minimum Gasteiger partial charge on any atom is -0.356 e. The molecular weight excluding hydrogens is 520 g/mol. The smallest absolute Gasteiger partial charge is 0.101 e. The predicted molar refractivity (Wildman–Crippen MR) is 196 cm³/mol. The first kappa shape index (κ1) is 40.4. The Balaban J connectivity index is 2.20. The Kier molecular flexibility index (Phi) is 30.7. The minimum atomic E-state index is 0.639. The van der Waals surface area contributed by atoms with Crippen molar-refractivity contribution in [2.45, 2.75) is 239 Å². The van der Waals surface area contributed by atoms with Crippen molar-refractivity contribution in [3.05, 3.63) is 12.4 Å². The van der Waals surface area contributed by atoms with Crippen molar-refractivity contribution < 1.29 is 0 Å². The van der Waals surface area contributed by atoms with Gasteiger partial charge >= 0.3 is 0 Å². The summed E-state index contributed by atoms with van der Waals surface area (Å²) >= 11 is 0. The Hall–Kier alpha value is -0.660. The molecule has 0 fully saturated rings. The van der Waals surface area contributed by atoms with Crippen molar-refractivity contribution in [1.29, 1.82) is 0 Å². The van der Waals surface area contributed by atoms with E-state index >= 15 is 0 Å². The lowest BCUT2D eigenvalue weighted by molar-refractivity contribution is 0.135. The summed E-state index contributed by atoms with van der Waals surface area (Å²) in [6.45, 7) is 9.48. The fourth-order valence-corrected chi connectivity index (χ4v) is 7.07. The third-order valence-corrected chi connectivity index (χ3v) is 10.1. The normalized spacial score (nSPS) is 14.9. The van der Waals surface area contributed by atoms with Crippen LogP contribution in [0.3, 0.4) is 0 Å². The number of nitrogens with zero attached hydrogens (tertiary/aromatic N) is 2. The monoisotopic (exact) mass is 603 g/mol. The van der Waals surface area contributed by atoms with Crippen molar-refractivity contribution in [3.63, 3.8) is 0 Å². The van der Waals surface area contributed by atoms with E-state index in [1.807, 2.05) is 0 Å². The molecule has 2 nitrogen and oxygen atoms in total. The van der Waals surface area contributed by atoms with Crippen LogP contribution in [0.25, 0.3) is 0 Å². The Bertz CT molecular complexity index is 558. The summed E-state index contributed by atoms with van der Waals surface area (Å²) in [7, 11) is 0. The molecule has 0 aromatic rings. The second-order valence-electron chi connectivity index (χ2n) is 14.3. The molecule has 1 aliphatic heterocycles. The zero-order valence-electron chi connectivity index (χ0n) is 30.4. The third-order valence-electron chi connectivity index (χ3n) is 10.1. The van der Waals surface area contributed by atoms with Gasteiger partial charge < -0.3 is 9.80 Å². The maximum Gasteiger partial charge on any atom is 0.101 e. The van der Waals surface area contributed by atoms with Gasteiger partial charge in [0, 0.05) is 25.5 Å². The van der Waals surface area contributed by atoms with Gasteiger partial charge in [-0.05, 0) is 25.7 Å². The van der Waals surface area contributed by atoms with Crippen LogP contribution in [0.1, 0.15) is 233 Å². The lowest BCUT2D eigenvalue weighted by atomic mass is 10.0. The molecule has 0 N–H and O–H groups in total. The molecule has 0 aromatic heterocycles. The SMILES string of the molecule is CCCCCCCCCCCCCCCCN1C=CN(CCCCCCCCCCC)C1CCCCCCCCCCC. The van der Waals surface area contributed by atoms with Gasteiger partial charge in [0.25, 0.3) is 0 Å². The highest BCUT2D eigenvalue weighted by Gasteiger charge is 2.24. The number of unbranched alkanes of at least 4 members (excludes halogenated alkanes) is 29. The molecule has 0 saturated carbocycles. The first-order valence-corrected chi connectivity index (χ1v) is 20.5. The Morgan fingerprint density at radius 2 is 0.535 bits per heavy atom. The second-order valence-corrected chi connectivity index (χ2v) is 14.3. The zero-order chi connectivity index (χ0) is 30.9. The van der Waals surface area contributed by atoms with Crippen molar-refractivity contribution in [1.82, 2.24) is 9.80 Å². The first-order valence-electron chi connectivity index (χ1n) is 20.5. The molecule has 43 heavy (non-hydrogen) atoms. The molecule has 0 aliphatic carbocycles. The summed E-state index contributed by atoms with van der Waals surface area (Å²) in [4.78, 5) is 5.44. The van der Waals surface area contributed by atoms with Gasteiger partial charge in [-0.3, -0.25) is 0 Å². The van der Waals surface area contributed by atoms with E-state index in [4.69, 9.17) is 0 Å². The minimum absolute atomic E-state index is 0.639. The molecule has 0 bridgehead atoms. The van der Waals surface area contributed by atoms with Gasteiger partial charge in [-0.1, -0.05) is 207 Å². The standard InChI is InChI=1S/C41H82N2/c1-4-7-10-13-16-19-20-21-22-23-26-29-32-35-38-43-40-39-42(37-34-31-28-25-18-15-12-9-6-3)41(43)36-33-30-27-24-17-14-11-8-5-2/h39-41H,4-38H2,1-3H3. The van der Waals surface area contributed by atoms with Crippen molar-refractivity contribution in [2.75, 3.05) is 13.1 Å². The molecule has 0 aromatic carbocycles. The molecule has 1 aliphatic rings. The van der Waals surface area contributed by atoms with Crippen LogP contribution < -0.4 is 0 Å². The van der Waals surface area contributed by atoms with Crippen molar-refractivity contribution in [2.24, 2.45) is 0 Å². The van der Waals surface area contributed by atoms with Gasteiger partial charge in [-0.15, -0.1) is 0 Å². The first-order chi connectivity index (χ1) is 21.3. The largest absolute Gasteiger partial charge is 0.356 e. The summed E-state index contributed by atoms with van der Waals surface area (Å²) < 4.78 is 0. The zero-order valence-corrected chi connectivity index (χ0v) is 30.4. The van der Waals surface area contributed by atoms with Crippen LogP contribution in [0, 0.1) is 0 Å². The molecule has 256 valence electrons. The lowest BCUT2D eigenvalue weighted by Gasteiger charge is -2.33. The maximum absolute atomic E-state index is 2.72. The highest BCUT2D eigenvalue weighted by molar-refractivity contribution is 4.97. The van der Waals surface area contributed by atoms with E-state index in [-0.39, 0.29) is 0 Å². The van der Waals surface area contributed by atoms with Crippen LogP contribution in [0.5, 0.6) is 0 Å². The van der Waals surface area contributed by atoms with E-state index in [2.05, 4.69) is 43.0 Å². The summed E-state index contributed by atoms with van der Waals surface area (Å²) in [5.41, 5.74) is 0. The van der Waals surface area contributed by atoms with Crippen LogP contribution in [-0.2, 0) is 0 Å². The lowest BCUT2D eigenvalue weighted by Crippen LogP contribution is -2.39. The fourth-order valence-electron chi connectivity index (χ4n) is 7.07. The van der Waals surface area contributed by atoms with Gasteiger partial charge in [0.15, 0.2) is 0 Å². The van der Waals surface area contributed by atoms with Gasteiger partial charge in [0.05, 0.1) is 0 Å². The summed E-state index contributed by atoms with van der Waals surface area (Å²) in [6, 6.07) is 0. The average Bonchev–Trinajstić information content (AvgIpc) is 3.40. The van der Waals surface area contributed by atoms with E-state index in [0.717, 1.165) is 0 Å².